The Morgan fingerprint density at radius 2 is 1.72 bits per heavy atom. The van der Waals surface area contributed by atoms with Crippen LogP contribution < -0.4 is 14.5 Å². The fraction of sp³-hybridized carbons (Fsp3) is 0.438. The van der Waals surface area contributed by atoms with Gasteiger partial charge in [0.1, 0.15) is 5.75 Å². The molecular weight excluding hydrogens is 643 g/mol. The van der Waals surface area contributed by atoms with Crippen LogP contribution in [0.25, 0.3) is 0 Å². The number of carbonyl (C=O) groups is 3. The van der Waals surface area contributed by atoms with E-state index in [4.69, 9.17) is 9.47 Å². The summed E-state index contributed by atoms with van der Waals surface area (Å²) >= 11 is 2.68. The third-order valence-electron chi connectivity index (χ3n) is 10.1. The minimum Gasteiger partial charge on any atom is -0.484 e. The Balaban J connectivity index is 1.08. The van der Waals surface area contributed by atoms with Crippen molar-refractivity contribution in [3.05, 3.63) is 74.2 Å². The number of aromatic amines is 1. The number of halogens is 3. The molecule has 3 aliphatic heterocycles. The standard InChI is InChI=1S/C32H28F3N3O6S2/c33-32(34,35)16-2-1-3-17(12-16)38-29(40)24-19-13-20(25(24)30(38)41)26-23(19)22(27-28(45-26)36-31(42)46-27)15-4-6-18(7-5-15)44-14-21(39)37-8-10-43-11-9-37/h1-7,12,19-20,22-26H,8-11,13-14H2,(H,36,42)/t19-,20-,22+,23-,24+,25+,26-/m1/s1. The maximum Gasteiger partial charge on any atom is 0.416 e. The van der Waals surface area contributed by atoms with E-state index < -0.39 is 35.4 Å². The topological polar surface area (TPSA) is 109 Å². The average Bonchev–Trinajstić information content (AvgIpc) is 3.79. The Morgan fingerprint density at radius 3 is 2.43 bits per heavy atom. The molecule has 0 radical (unpaired) electrons. The van der Waals surface area contributed by atoms with Crippen LogP contribution in [0.4, 0.5) is 18.9 Å². The van der Waals surface area contributed by atoms with Crippen LogP contribution in [0.5, 0.6) is 5.75 Å². The van der Waals surface area contributed by atoms with Gasteiger partial charge in [-0.2, -0.15) is 13.2 Å². The zero-order chi connectivity index (χ0) is 31.9. The van der Waals surface area contributed by atoms with E-state index in [1.165, 1.54) is 12.1 Å². The lowest BCUT2D eigenvalue weighted by Crippen LogP contribution is -2.43. The van der Waals surface area contributed by atoms with Crippen molar-refractivity contribution in [3.8, 4) is 5.75 Å². The van der Waals surface area contributed by atoms with Gasteiger partial charge in [-0.05, 0) is 60.1 Å². The number of thiazole rings is 1. The first kappa shape index (κ1) is 29.8. The van der Waals surface area contributed by atoms with Crippen LogP contribution in [-0.4, -0.2) is 65.8 Å². The van der Waals surface area contributed by atoms with E-state index in [9.17, 15) is 32.3 Å². The fourth-order valence-corrected chi connectivity index (χ4v) is 11.2. The molecule has 240 valence electrons. The molecule has 3 amide bonds. The molecule has 3 aromatic rings. The number of H-pyrrole nitrogens is 1. The Hall–Kier alpha value is -3.62. The summed E-state index contributed by atoms with van der Waals surface area (Å²) in [6, 6.07) is 11.8. The number of nitrogens with zero attached hydrogens (tertiary/aromatic N) is 2. The summed E-state index contributed by atoms with van der Waals surface area (Å²) in [6.45, 7) is 1.96. The molecule has 2 saturated heterocycles. The van der Waals surface area contributed by atoms with Crippen molar-refractivity contribution in [2.24, 2.45) is 29.6 Å². The maximum atomic E-state index is 13.9. The van der Waals surface area contributed by atoms with E-state index >= 15 is 0 Å². The average molecular weight is 672 g/mol. The van der Waals surface area contributed by atoms with Gasteiger partial charge in [0, 0.05) is 29.1 Å². The van der Waals surface area contributed by atoms with Gasteiger partial charge in [0.25, 0.3) is 5.91 Å². The molecule has 2 bridgehead atoms. The normalized spacial score (nSPS) is 29.9. The van der Waals surface area contributed by atoms with Crippen LogP contribution in [0.15, 0.2) is 58.4 Å². The molecule has 1 N–H and O–H groups in total. The number of benzene rings is 2. The second-order valence-electron chi connectivity index (χ2n) is 12.4. The first-order chi connectivity index (χ1) is 22.1. The zero-order valence-corrected chi connectivity index (χ0v) is 25.8. The van der Waals surface area contributed by atoms with Gasteiger partial charge in [-0.25, -0.2) is 0 Å². The zero-order valence-electron chi connectivity index (χ0n) is 24.2. The Kier molecular flexibility index (Phi) is 7.11. The van der Waals surface area contributed by atoms with E-state index in [0.717, 1.165) is 43.8 Å². The molecule has 5 aliphatic rings. The van der Waals surface area contributed by atoms with Crippen LogP contribution in [0.1, 0.15) is 28.3 Å². The maximum absolute atomic E-state index is 13.9. The number of hydrogen-bond acceptors (Lipinski definition) is 8. The van der Waals surface area contributed by atoms with Gasteiger partial charge in [0.2, 0.25) is 11.8 Å². The van der Waals surface area contributed by atoms with Crippen molar-refractivity contribution in [3.63, 3.8) is 0 Å². The predicted octanol–water partition coefficient (Wildman–Crippen LogP) is 4.37. The van der Waals surface area contributed by atoms with Crippen molar-refractivity contribution in [2.45, 2.75) is 28.8 Å². The molecule has 2 saturated carbocycles. The highest BCUT2D eigenvalue weighted by Crippen LogP contribution is 2.68. The largest absolute Gasteiger partial charge is 0.484 e. The van der Waals surface area contributed by atoms with Crippen LogP contribution in [-0.2, 0) is 25.3 Å². The number of hydrogen-bond donors (Lipinski definition) is 1. The van der Waals surface area contributed by atoms with Gasteiger partial charge in [0.05, 0.1) is 41.3 Å². The van der Waals surface area contributed by atoms with E-state index in [1.54, 1.807) is 28.8 Å². The van der Waals surface area contributed by atoms with Gasteiger partial charge < -0.3 is 19.4 Å². The molecule has 2 aromatic carbocycles. The van der Waals surface area contributed by atoms with E-state index in [1.807, 2.05) is 12.1 Å². The van der Waals surface area contributed by atoms with Crippen LogP contribution in [0.3, 0.4) is 0 Å². The van der Waals surface area contributed by atoms with Gasteiger partial charge in [-0.15, -0.1) is 11.8 Å². The Bertz CT molecular complexity index is 1790. The quantitative estimate of drug-likeness (QED) is 0.402. The van der Waals surface area contributed by atoms with Gasteiger partial charge in [0.15, 0.2) is 6.61 Å². The van der Waals surface area contributed by atoms with Crippen molar-refractivity contribution < 1.29 is 37.0 Å². The Morgan fingerprint density at radius 1 is 1.00 bits per heavy atom. The summed E-state index contributed by atoms with van der Waals surface area (Å²) in [5.74, 6) is -2.39. The lowest BCUT2D eigenvalue weighted by Gasteiger charge is -2.43. The van der Waals surface area contributed by atoms with Gasteiger partial charge >= 0.3 is 11.0 Å². The van der Waals surface area contributed by atoms with E-state index in [0.29, 0.717) is 38.5 Å². The third-order valence-corrected chi connectivity index (χ3v) is 12.7. The summed E-state index contributed by atoms with van der Waals surface area (Å²) in [7, 11) is 0. The lowest BCUT2D eigenvalue weighted by molar-refractivity contribution is -0.138. The minimum absolute atomic E-state index is 0.0584. The summed E-state index contributed by atoms with van der Waals surface area (Å²) in [5.41, 5.74) is -0.0487. The first-order valence-electron chi connectivity index (χ1n) is 15.1. The number of anilines is 1. The highest BCUT2D eigenvalue weighted by atomic mass is 32.2. The summed E-state index contributed by atoms with van der Waals surface area (Å²) < 4.78 is 51.5. The molecule has 4 fully saturated rings. The number of rotatable bonds is 5. The van der Waals surface area contributed by atoms with Crippen LogP contribution >= 0.6 is 23.1 Å². The summed E-state index contributed by atoms with van der Waals surface area (Å²) in [5, 5.41) is 0.697. The number of carbonyl (C=O) groups excluding carboxylic acids is 3. The van der Waals surface area contributed by atoms with Crippen LogP contribution in [0, 0.1) is 29.6 Å². The molecule has 7 atom stereocenters. The molecule has 2 aliphatic carbocycles. The van der Waals surface area contributed by atoms with E-state index in [2.05, 4.69) is 4.98 Å². The highest BCUT2D eigenvalue weighted by Gasteiger charge is 2.69. The molecule has 1 aromatic heterocycles. The number of aromatic nitrogens is 1. The third kappa shape index (κ3) is 4.70. The Labute approximate surface area is 269 Å². The fourth-order valence-electron chi connectivity index (χ4n) is 8.29. The number of amides is 3. The molecule has 9 nitrogen and oxygen atoms in total. The van der Waals surface area contributed by atoms with Crippen molar-refractivity contribution in [2.75, 3.05) is 37.8 Å². The highest BCUT2D eigenvalue weighted by molar-refractivity contribution is 8.00. The lowest BCUT2D eigenvalue weighted by atomic mass is 9.68. The first-order valence-corrected chi connectivity index (χ1v) is 16.8. The van der Waals surface area contributed by atoms with Crippen LogP contribution in [0.2, 0.25) is 0 Å². The summed E-state index contributed by atoms with van der Waals surface area (Å²) in [4.78, 5) is 59.1. The molecule has 46 heavy (non-hydrogen) atoms. The molecular formula is C32H28F3N3O6S2. The molecule has 14 heteroatoms. The number of thioether (sulfide) groups is 1. The number of imide groups is 1. The number of nitrogens with one attached hydrogen (secondary N) is 1. The predicted molar refractivity (Wildman–Crippen MR) is 162 cm³/mol. The number of ether oxygens (including phenoxy) is 2. The number of alkyl halides is 3. The van der Waals surface area contributed by atoms with E-state index in [-0.39, 0.29) is 52.0 Å². The molecule has 8 rings (SSSR count). The monoisotopic (exact) mass is 671 g/mol. The summed E-state index contributed by atoms with van der Waals surface area (Å²) in [6.07, 6.45) is -3.95. The van der Waals surface area contributed by atoms with Gasteiger partial charge in [-0.3, -0.25) is 24.1 Å². The van der Waals surface area contributed by atoms with Crippen molar-refractivity contribution >= 4 is 46.5 Å². The molecule has 0 unspecified atom stereocenters. The van der Waals surface area contributed by atoms with Gasteiger partial charge in [-0.1, -0.05) is 29.5 Å². The number of fused-ring (bicyclic) bond motifs is 9. The second-order valence-corrected chi connectivity index (χ2v) is 14.6. The smallest absolute Gasteiger partial charge is 0.416 e. The molecule has 4 heterocycles. The molecule has 0 spiro atoms. The minimum atomic E-state index is -4.61. The van der Waals surface area contributed by atoms with Crippen molar-refractivity contribution in [1.82, 2.24) is 9.88 Å². The number of morpholine rings is 1. The van der Waals surface area contributed by atoms with Crippen molar-refractivity contribution in [1.29, 1.82) is 0 Å². The second kappa shape index (κ2) is 11.0. The SMILES string of the molecule is O=C(COc1ccc([C@@H]2c3sc(=O)[nH]c3S[C@@H]3[C@@H]4C[C@@H]([C@@H]5C(=O)N(c6cccc(C(F)(F)F)c6)C(=O)[C@@H]45)[C@H]23)cc1)N1CCOCC1.